The lowest BCUT2D eigenvalue weighted by atomic mass is 9.80. The molecule has 0 aromatic carbocycles. The van der Waals surface area contributed by atoms with E-state index in [0.717, 1.165) is 24.9 Å². The van der Waals surface area contributed by atoms with Crippen LogP contribution in [0.3, 0.4) is 0 Å². The van der Waals surface area contributed by atoms with Crippen LogP contribution in [0.25, 0.3) is 5.65 Å². The van der Waals surface area contributed by atoms with E-state index in [1.165, 1.54) is 10.6 Å². The zero-order valence-electron chi connectivity index (χ0n) is 13.9. The Kier molecular flexibility index (Phi) is 3.83. The van der Waals surface area contributed by atoms with E-state index in [0.29, 0.717) is 11.6 Å². The monoisotopic (exact) mass is 337 g/mol. The molecule has 7 heteroatoms. The summed E-state index contributed by atoms with van der Waals surface area (Å²) < 4.78 is 3.45. The van der Waals surface area contributed by atoms with E-state index in [-0.39, 0.29) is 23.1 Å². The lowest BCUT2D eigenvalue weighted by Crippen LogP contribution is -2.46. The molecule has 0 aliphatic heterocycles. The van der Waals surface area contributed by atoms with Crippen molar-refractivity contribution < 1.29 is 4.79 Å². The fourth-order valence-electron chi connectivity index (χ4n) is 3.29. The average Bonchev–Trinajstić information content (AvgIpc) is 3.06. The molecule has 0 unspecified atom stereocenters. The van der Waals surface area contributed by atoms with E-state index >= 15 is 0 Å². The van der Waals surface area contributed by atoms with E-state index in [9.17, 15) is 9.59 Å². The summed E-state index contributed by atoms with van der Waals surface area (Å²) in [6.07, 6.45) is 10.3. The van der Waals surface area contributed by atoms with Gasteiger partial charge in [0.1, 0.15) is 11.2 Å². The molecule has 4 rings (SSSR count). The molecule has 0 radical (unpaired) electrons. The van der Waals surface area contributed by atoms with E-state index in [4.69, 9.17) is 0 Å². The van der Waals surface area contributed by atoms with Crippen LogP contribution < -0.4 is 10.9 Å². The van der Waals surface area contributed by atoms with Gasteiger partial charge in [0.2, 0.25) is 0 Å². The molecular weight excluding hydrogens is 318 g/mol. The molecule has 1 saturated carbocycles. The van der Waals surface area contributed by atoms with Crippen LogP contribution >= 0.6 is 0 Å². The van der Waals surface area contributed by atoms with E-state index in [2.05, 4.69) is 15.3 Å². The highest BCUT2D eigenvalue weighted by molar-refractivity contribution is 5.94. The standard InChI is InChI=1S/C18H19N5O2/c1-12-2-4-23-16(6-12)20-9-15(18(23)25)17(24)21-14-7-13(8-14)10-22-5-3-19-11-22/h2-6,9,11,13-14H,7-8,10H2,1H3,(H,21,24). The minimum absolute atomic E-state index is 0.0828. The number of aromatic nitrogens is 4. The molecule has 3 aromatic heterocycles. The fraction of sp³-hybridized carbons (Fsp3) is 0.333. The summed E-state index contributed by atoms with van der Waals surface area (Å²) >= 11 is 0. The number of fused-ring (bicyclic) bond motifs is 1. The first-order chi connectivity index (χ1) is 12.1. The number of nitrogens with zero attached hydrogens (tertiary/aromatic N) is 4. The van der Waals surface area contributed by atoms with Gasteiger partial charge >= 0.3 is 0 Å². The van der Waals surface area contributed by atoms with Gasteiger partial charge in [-0.15, -0.1) is 0 Å². The Hall–Kier alpha value is -2.96. The molecule has 3 aromatic rings. The van der Waals surface area contributed by atoms with Gasteiger partial charge in [-0.3, -0.25) is 14.0 Å². The minimum Gasteiger partial charge on any atom is -0.349 e. The molecule has 7 nitrogen and oxygen atoms in total. The largest absolute Gasteiger partial charge is 0.349 e. The summed E-state index contributed by atoms with van der Waals surface area (Å²) in [7, 11) is 0. The number of pyridine rings is 1. The minimum atomic E-state index is -0.349. The highest BCUT2D eigenvalue weighted by atomic mass is 16.2. The van der Waals surface area contributed by atoms with Crippen LogP contribution in [-0.2, 0) is 6.54 Å². The van der Waals surface area contributed by atoms with E-state index < -0.39 is 0 Å². The molecule has 1 amide bonds. The first kappa shape index (κ1) is 15.6. The van der Waals surface area contributed by atoms with Crippen LogP contribution in [0.15, 0.2) is 48.0 Å². The first-order valence-electron chi connectivity index (χ1n) is 8.35. The molecule has 1 aliphatic carbocycles. The van der Waals surface area contributed by atoms with E-state index in [1.807, 2.05) is 29.8 Å². The summed E-state index contributed by atoms with van der Waals surface area (Å²) in [5, 5.41) is 2.94. The van der Waals surface area contributed by atoms with Gasteiger partial charge in [-0.05, 0) is 43.4 Å². The third-order valence-corrected chi connectivity index (χ3v) is 4.71. The van der Waals surface area contributed by atoms with Crippen molar-refractivity contribution in [3.8, 4) is 0 Å². The number of rotatable bonds is 4. The molecular formula is C18H19N5O2. The van der Waals surface area contributed by atoms with Crippen LogP contribution in [-0.4, -0.2) is 30.9 Å². The number of aryl methyl sites for hydroxylation is 1. The maximum absolute atomic E-state index is 12.5. The first-order valence-corrected chi connectivity index (χ1v) is 8.35. The summed E-state index contributed by atoms with van der Waals surface area (Å²) in [6.45, 7) is 2.84. The molecule has 0 saturated heterocycles. The lowest BCUT2D eigenvalue weighted by molar-refractivity contribution is 0.0879. The number of carbonyl (C=O) groups excluding carboxylic acids is 1. The smallest absolute Gasteiger partial charge is 0.270 e. The second-order valence-electron chi connectivity index (χ2n) is 6.68. The lowest BCUT2D eigenvalue weighted by Gasteiger charge is -2.35. The van der Waals surface area contributed by atoms with Gasteiger partial charge in [0.05, 0.1) is 6.33 Å². The normalized spacial score (nSPS) is 19.6. The molecule has 0 bridgehead atoms. The highest BCUT2D eigenvalue weighted by Gasteiger charge is 2.31. The van der Waals surface area contributed by atoms with Crippen molar-refractivity contribution in [3.05, 3.63) is 64.7 Å². The van der Waals surface area contributed by atoms with Crippen molar-refractivity contribution in [2.75, 3.05) is 0 Å². The van der Waals surface area contributed by atoms with Gasteiger partial charge in [-0.2, -0.15) is 0 Å². The van der Waals surface area contributed by atoms with Crippen LogP contribution in [0.1, 0.15) is 28.8 Å². The Morgan fingerprint density at radius 3 is 2.96 bits per heavy atom. The molecule has 1 N–H and O–H groups in total. The Balaban J connectivity index is 1.42. The van der Waals surface area contributed by atoms with Crippen molar-refractivity contribution in [2.45, 2.75) is 32.4 Å². The van der Waals surface area contributed by atoms with Crippen LogP contribution in [0.2, 0.25) is 0 Å². The number of carbonyl (C=O) groups is 1. The van der Waals surface area contributed by atoms with Gasteiger partial charge in [-0.1, -0.05) is 0 Å². The van der Waals surface area contributed by atoms with E-state index in [1.54, 1.807) is 18.7 Å². The van der Waals surface area contributed by atoms with Crippen LogP contribution in [0.4, 0.5) is 0 Å². The van der Waals surface area contributed by atoms with Gasteiger partial charge in [0, 0.05) is 37.4 Å². The Morgan fingerprint density at radius 1 is 1.36 bits per heavy atom. The topological polar surface area (TPSA) is 81.3 Å². The Bertz CT molecular complexity index is 971. The summed E-state index contributed by atoms with van der Waals surface area (Å²) in [5.74, 6) is 0.178. The van der Waals surface area contributed by atoms with Crippen molar-refractivity contribution in [1.82, 2.24) is 24.3 Å². The SMILES string of the molecule is Cc1ccn2c(=O)c(C(=O)NC3CC(Cn4ccnc4)C3)cnc2c1. The van der Waals surface area contributed by atoms with Crippen molar-refractivity contribution in [1.29, 1.82) is 0 Å². The van der Waals surface area contributed by atoms with Gasteiger partial charge < -0.3 is 9.88 Å². The number of imidazole rings is 1. The Morgan fingerprint density at radius 2 is 2.20 bits per heavy atom. The maximum atomic E-state index is 12.5. The zero-order chi connectivity index (χ0) is 17.4. The molecule has 0 atom stereocenters. The number of nitrogens with one attached hydrogen (secondary N) is 1. The van der Waals surface area contributed by atoms with Crippen molar-refractivity contribution in [2.24, 2.45) is 5.92 Å². The van der Waals surface area contributed by atoms with Gasteiger partial charge in [-0.25, -0.2) is 9.97 Å². The third-order valence-electron chi connectivity index (χ3n) is 4.71. The molecule has 25 heavy (non-hydrogen) atoms. The predicted molar refractivity (Wildman–Crippen MR) is 92.4 cm³/mol. The second-order valence-corrected chi connectivity index (χ2v) is 6.68. The summed E-state index contributed by atoms with van der Waals surface area (Å²) in [4.78, 5) is 33.2. The average molecular weight is 337 g/mol. The van der Waals surface area contributed by atoms with Crippen molar-refractivity contribution >= 4 is 11.6 Å². The van der Waals surface area contributed by atoms with Crippen LogP contribution in [0, 0.1) is 12.8 Å². The third kappa shape index (κ3) is 3.05. The number of hydrogen-bond acceptors (Lipinski definition) is 4. The predicted octanol–water partition coefficient (Wildman–Crippen LogP) is 1.41. The second kappa shape index (κ2) is 6.16. The Labute approximate surface area is 144 Å². The quantitative estimate of drug-likeness (QED) is 0.780. The summed E-state index contributed by atoms with van der Waals surface area (Å²) in [6, 6.07) is 3.75. The number of amides is 1. The highest BCUT2D eigenvalue weighted by Crippen LogP contribution is 2.28. The zero-order valence-corrected chi connectivity index (χ0v) is 13.9. The molecule has 128 valence electrons. The van der Waals surface area contributed by atoms with Gasteiger partial charge in [0.25, 0.3) is 11.5 Å². The van der Waals surface area contributed by atoms with Crippen LogP contribution in [0.5, 0.6) is 0 Å². The number of hydrogen-bond donors (Lipinski definition) is 1. The molecule has 3 heterocycles. The van der Waals surface area contributed by atoms with Crippen molar-refractivity contribution in [3.63, 3.8) is 0 Å². The molecule has 0 spiro atoms. The molecule has 1 fully saturated rings. The fourth-order valence-corrected chi connectivity index (χ4v) is 3.29. The maximum Gasteiger partial charge on any atom is 0.270 e. The van der Waals surface area contributed by atoms with Gasteiger partial charge in [0.15, 0.2) is 0 Å². The molecule has 1 aliphatic rings. The summed E-state index contributed by atoms with van der Waals surface area (Å²) in [5.41, 5.74) is 1.31.